The number of nitrogens with zero attached hydrogens (tertiary/aromatic N) is 1. The Hall–Kier alpha value is -1.91. The van der Waals surface area contributed by atoms with Crippen LogP contribution in [-0.2, 0) is 0 Å². The molecule has 1 aromatic carbocycles. The molecule has 2 rings (SSSR count). The van der Waals surface area contributed by atoms with Crippen LogP contribution in [0.15, 0.2) is 12.1 Å². The highest BCUT2D eigenvalue weighted by Gasteiger charge is 2.29. The first kappa shape index (κ1) is 15.5. The van der Waals surface area contributed by atoms with E-state index in [1.54, 1.807) is 26.4 Å². The van der Waals surface area contributed by atoms with Gasteiger partial charge in [-0.1, -0.05) is 6.92 Å². The standard InChI is InChI=1S/C16H24N2O3/c1-4-12-7-5-6-8-18(12)16(19)13-9-11(17)10-14(20-2)15(13)21-3/h9-10,12H,4-8,17H2,1-3H3. The number of methoxy groups -OCH3 is 2. The van der Waals surface area contributed by atoms with E-state index in [2.05, 4.69) is 6.92 Å². The number of ether oxygens (including phenoxy) is 2. The largest absolute Gasteiger partial charge is 0.493 e. The number of nitrogens with two attached hydrogens (primary N) is 1. The second-order valence-corrected chi connectivity index (χ2v) is 5.36. The van der Waals surface area contributed by atoms with Gasteiger partial charge >= 0.3 is 0 Å². The molecule has 1 heterocycles. The van der Waals surface area contributed by atoms with Gasteiger partial charge in [-0.05, 0) is 31.7 Å². The third-order valence-corrected chi connectivity index (χ3v) is 4.09. The second-order valence-electron chi connectivity index (χ2n) is 5.36. The minimum absolute atomic E-state index is 0.0241. The average Bonchev–Trinajstić information content (AvgIpc) is 2.53. The van der Waals surface area contributed by atoms with E-state index in [9.17, 15) is 4.79 Å². The highest BCUT2D eigenvalue weighted by atomic mass is 16.5. The number of rotatable bonds is 4. The molecule has 1 aliphatic heterocycles. The van der Waals surface area contributed by atoms with E-state index >= 15 is 0 Å². The number of likely N-dealkylation sites (tertiary alicyclic amines) is 1. The van der Waals surface area contributed by atoms with E-state index in [1.165, 1.54) is 6.42 Å². The van der Waals surface area contributed by atoms with Crippen molar-refractivity contribution in [3.05, 3.63) is 17.7 Å². The number of carbonyl (C=O) groups is 1. The Balaban J connectivity index is 2.40. The molecule has 0 aromatic heterocycles. The minimum Gasteiger partial charge on any atom is -0.493 e. The van der Waals surface area contributed by atoms with Gasteiger partial charge in [0.15, 0.2) is 11.5 Å². The molecule has 5 heteroatoms. The summed E-state index contributed by atoms with van der Waals surface area (Å²) in [6.07, 6.45) is 4.25. The summed E-state index contributed by atoms with van der Waals surface area (Å²) in [6, 6.07) is 3.64. The molecule has 0 aliphatic carbocycles. The van der Waals surface area contributed by atoms with E-state index in [-0.39, 0.29) is 5.91 Å². The lowest BCUT2D eigenvalue weighted by molar-refractivity contribution is 0.0604. The van der Waals surface area contributed by atoms with Crippen LogP contribution in [0.3, 0.4) is 0 Å². The van der Waals surface area contributed by atoms with Crippen molar-refractivity contribution in [3.63, 3.8) is 0 Å². The summed E-state index contributed by atoms with van der Waals surface area (Å²) in [4.78, 5) is 14.8. The van der Waals surface area contributed by atoms with Gasteiger partial charge in [-0.3, -0.25) is 4.79 Å². The summed E-state index contributed by atoms with van der Waals surface area (Å²) in [5, 5.41) is 0. The number of anilines is 1. The summed E-state index contributed by atoms with van der Waals surface area (Å²) in [5.74, 6) is 0.923. The zero-order chi connectivity index (χ0) is 15.4. The van der Waals surface area contributed by atoms with E-state index in [4.69, 9.17) is 15.2 Å². The van der Waals surface area contributed by atoms with Gasteiger partial charge < -0.3 is 20.1 Å². The quantitative estimate of drug-likeness (QED) is 0.867. The maximum atomic E-state index is 12.9. The van der Waals surface area contributed by atoms with E-state index in [0.29, 0.717) is 28.8 Å². The van der Waals surface area contributed by atoms with Crippen LogP contribution in [0.4, 0.5) is 5.69 Å². The third kappa shape index (κ3) is 3.06. The summed E-state index contributed by atoms with van der Waals surface area (Å²) >= 11 is 0. The van der Waals surface area contributed by atoms with Crippen molar-refractivity contribution < 1.29 is 14.3 Å². The molecular formula is C16H24N2O3. The summed E-state index contributed by atoms with van der Waals surface area (Å²) in [7, 11) is 3.08. The van der Waals surface area contributed by atoms with Crippen LogP contribution >= 0.6 is 0 Å². The zero-order valence-electron chi connectivity index (χ0n) is 13.0. The normalized spacial score (nSPS) is 18.4. The van der Waals surface area contributed by atoms with Crippen LogP contribution in [-0.4, -0.2) is 37.6 Å². The Morgan fingerprint density at radius 3 is 2.71 bits per heavy atom. The monoisotopic (exact) mass is 292 g/mol. The van der Waals surface area contributed by atoms with Crippen molar-refractivity contribution in [2.45, 2.75) is 38.6 Å². The van der Waals surface area contributed by atoms with Crippen LogP contribution in [0.2, 0.25) is 0 Å². The Labute approximate surface area is 126 Å². The number of piperidine rings is 1. The predicted octanol–water partition coefficient (Wildman–Crippen LogP) is 2.69. The molecule has 1 unspecified atom stereocenters. The molecule has 1 fully saturated rings. The van der Waals surface area contributed by atoms with E-state index in [1.807, 2.05) is 4.90 Å². The van der Waals surface area contributed by atoms with Gasteiger partial charge in [0.2, 0.25) is 0 Å². The average molecular weight is 292 g/mol. The molecule has 1 aliphatic rings. The number of amides is 1. The number of nitrogen functional groups attached to an aromatic ring is 1. The van der Waals surface area contributed by atoms with Crippen LogP contribution in [0.1, 0.15) is 43.0 Å². The van der Waals surface area contributed by atoms with Crippen LogP contribution in [0.5, 0.6) is 11.5 Å². The van der Waals surface area contributed by atoms with Gasteiger partial charge in [-0.2, -0.15) is 0 Å². The lowest BCUT2D eigenvalue weighted by Gasteiger charge is -2.35. The summed E-state index contributed by atoms with van der Waals surface area (Å²) < 4.78 is 10.6. The van der Waals surface area contributed by atoms with Crippen LogP contribution < -0.4 is 15.2 Å². The summed E-state index contributed by atoms with van der Waals surface area (Å²) in [5.41, 5.74) is 6.87. The zero-order valence-corrected chi connectivity index (χ0v) is 13.0. The molecule has 5 nitrogen and oxygen atoms in total. The molecule has 0 spiro atoms. The Kier molecular flexibility index (Phi) is 4.94. The Bertz CT molecular complexity index is 516. The number of hydrogen-bond acceptors (Lipinski definition) is 4. The van der Waals surface area contributed by atoms with Gasteiger partial charge in [0.25, 0.3) is 5.91 Å². The lowest BCUT2D eigenvalue weighted by Crippen LogP contribution is -2.43. The number of carbonyl (C=O) groups excluding carboxylic acids is 1. The first-order chi connectivity index (χ1) is 10.1. The van der Waals surface area contributed by atoms with Crippen LogP contribution in [0.25, 0.3) is 0 Å². The van der Waals surface area contributed by atoms with E-state index in [0.717, 1.165) is 25.8 Å². The number of benzene rings is 1. The molecule has 0 saturated carbocycles. The van der Waals surface area contributed by atoms with Crippen molar-refractivity contribution in [1.29, 1.82) is 0 Å². The van der Waals surface area contributed by atoms with Gasteiger partial charge in [0, 0.05) is 24.3 Å². The minimum atomic E-state index is -0.0241. The molecule has 1 aromatic rings. The molecule has 2 N–H and O–H groups in total. The SMILES string of the molecule is CCC1CCCCN1C(=O)c1cc(N)cc(OC)c1OC. The first-order valence-corrected chi connectivity index (χ1v) is 7.44. The van der Waals surface area contributed by atoms with Gasteiger partial charge in [0.05, 0.1) is 19.8 Å². The fraction of sp³-hybridized carbons (Fsp3) is 0.562. The maximum absolute atomic E-state index is 12.9. The van der Waals surface area contributed by atoms with Gasteiger partial charge in [0.1, 0.15) is 0 Å². The van der Waals surface area contributed by atoms with Crippen molar-refractivity contribution in [1.82, 2.24) is 4.90 Å². The highest BCUT2D eigenvalue weighted by molar-refractivity contribution is 5.99. The maximum Gasteiger partial charge on any atom is 0.258 e. The first-order valence-electron chi connectivity index (χ1n) is 7.44. The molecule has 1 saturated heterocycles. The fourth-order valence-electron chi connectivity index (χ4n) is 2.99. The molecule has 21 heavy (non-hydrogen) atoms. The van der Waals surface area contributed by atoms with Crippen molar-refractivity contribution in [2.75, 3.05) is 26.5 Å². The lowest BCUT2D eigenvalue weighted by atomic mass is 9.98. The highest BCUT2D eigenvalue weighted by Crippen LogP contribution is 2.35. The molecular weight excluding hydrogens is 268 g/mol. The van der Waals surface area contributed by atoms with Crippen LogP contribution in [0, 0.1) is 0 Å². The Morgan fingerprint density at radius 2 is 2.10 bits per heavy atom. The molecule has 1 atom stereocenters. The van der Waals surface area contributed by atoms with Crippen molar-refractivity contribution in [3.8, 4) is 11.5 Å². The predicted molar refractivity (Wildman–Crippen MR) is 82.9 cm³/mol. The smallest absolute Gasteiger partial charge is 0.258 e. The van der Waals surface area contributed by atoms with Gasteiger partial charge in [-0.15, -0.1) is 0 Å². The van der Waals surface area contributed by atoms with E-state index < -0.39 is 0 Å². The summed E-state index contributed by atoms with van der Waals surface area (Å²) in [6.45, 7) is 2.91. The van der Waals surface area contributed by atoms with Crippen molar-refractivity contribution in [2.24, 2.45) is 0 Å². The molecule has 116 valence electrons. The molecule has 0 bridgehead atoms. The third-order valence-electron chi connectivity index (χ3n) is 4.09. The topological polar surface area (TPSA) is 64.8 Å². The second kappa shape index (κ2) is 6.70. The van der Waals surface area contributed by atoms with Crippen molar-refractivity contribution >= 4 is 11.6 Å². The number of hydrogen-bond donors (Lipinski definition) is 1. The van der Waals surface area contributed by atoms with Gasteiger partial charge in [-0.25, -0.2) is 0 Å². The fourth-order valence-corrected chi connectivity index (χ4v) is 2.99. The Morgan fingerprint density at radius 1 is 1.33 bits per heavy atom. The molecule has 1 amide bonds. The molecule has 0 radical (unpaired) electrons.